The largest absolute Gasteiger partial charge is 0.486 e. The first-order valence-electron chi connectivity index (χ1n) is 10.4. The van der Waals surface area contributed by atoms with E-state index in [-0.39, 0.29) is 16.8 Å². The van der Waals surface area contributed by atoms with Gasteiger partial charge < -0.3 is 43.8 Å². The van der Waals surface area contributed by atoms with Crippen molar-refractivity contribution in [2.75, 3.05) is 19.8 Å². The lowest BCUT2D eigenvalue weighted by Crippen LogP contribution is -2.60. The highest BCUT2D eigenvalue weighted by Crippen LogP contribution is 2.34. The molecule has 5 rings (SSSR count). The van der Waals surface area contributed by atoms with Crippen molar-refractivity contribution in [3.8, 4) is 28.4 Å². The minimum absolute atomic E-state index is 0.196. The third-order valence-corrected chi connectivity index (χ3v) is 5.70. The van der Waals surface area contributed by atoms with Crippen LogP contribution in [0.3, 0.4) is 0 Å². The van der Waals surface area contributed by atoms with E-state index in [1.54, 1.807) is 18.2 Å². The summed E-state index contributed by atoms with van der Waals surface area (Å²) in [6.45, 7) is 0.331. The van der Waals surface area contributed by atoms with Crippen LogP contribution in [0.25, 0.3) is 22.1 Å². The van der Waals surface area contributed by atoms with Crippen molar-refractivity contribution < 1.29 is 43.8 Å². The van der Waals surface area contributed by atoms with E-state index in [1.165, 1.54) is 24.5 Å². The Morgan fingerprint density at radius 3 is 2.52 bits per heavy atom. The lowest BCUT2D eigenvalue weighted by atomic mass is 9.99. The molecule has 174 valence electrons. The fourth-order valence-electron chi connectivity index (χ4n) is 3.89. The zero-order valence-corrected chi connectivity index (χ0v) is 17.3. The number of ether oxygens (including phenoxy) is 4. The second kappa shape index (κ2) is 8.65. The molecule has 3 heterocycles. The maximum atomic E-state index is 13.1. The molecule has 2 aromatic carbocycles. The Hall–Kier alpha value is -3.15. The van der Waals surface area contributed by atoms with Crippen LogP contribution >= 0.6 is 0 Å². The second-order valence-corrected chi connectivity index (χ2v) is 7.81. The first-order valence-corrected chi connectivity index (χ1v) is 10.4. The van der Waals surface area contributed by atoms with Crippen molar-refractivity contribution in [2.24, 2.45) is 0 Å². The van der Waals surface area contributed by atoms with Gasteiger partial charge in [-0.3, -0.25) is 4.79 Å². The average Bonchev–Trinajstić information content (AvgIpc) is 2.84. The van der Waals surface area contributed by atoms with Gasteiger partial charge >= 0.3 is 0 Å². The Labute approximate surface area is 187 Å². The normalized spacial score (nSPS) is 26.8. The van der Waals surface area contributed by atoms with Crippen LogP contribution in [0.1, 0.15) is 0 Å². The van der Waals surface area contributed by atoms with E-state index in [2.05, 4.69) is 0 Å². The number of rotatable bonds is 4. The van der Waals surface area contributed by atoms with Crippen LogP contribution in [0.15, 0.2) is 51.9 Å². The summed E-state index contributed by atoms with van der Waals surface area (Å²) in [6, 6.07) is 9.68. The van der Waals surface area contributed by atoms with Gasteiger partial charge in [0.25, 0.3) is 0 Å². The van der Waals surface area contributed by atoms with Crippen molar-refractivity contribution >= 4 is 11.0 Å². The molecule has 10 nitrogen and oxygen atoms in total. The van der Waals surface area contributed by atoms with Crippen molar-refractivity contribution in [3.05, 3.63) is 52.9 Å². The number of aliphatic hydroxyl groups excluding tert-OH is 4. The van der Waals surface area contributed by atoms with Crippen LogP contribution in [-0.2, 0) is 4.74 Å². The molecule has 1 saturated heterocycles. The lowest BCUT2D eigenvalue weighted by Gasteiger charge is -2.39. The summed E-state index contributed by atoms with van der Waals surface area (Å²) in [4.78, 5) is 13.1. The minimum atomic E-state index is -1.56. The Bertz CT molecular complexity index is 1220. The quantitative estimate of drug-likeness (QED) is 0.433. The minimum Gasteiger partial charge on any atom is -0.486 e. The Morgan fingerprint density at radius 2 is 1.73 bits per heavy atom. The molecule has 5 atom stereocenters. The van der Waals surface area contributed by atoms with Gasteiger partial charge in [0.15, 0.2) is 16.9 Å². The number of hydrogen-bond donors (Lipinski definition) is 4. The molecular weight excluding hydrogens is 436 g/mol. The summed E-state index contributed by atoms with van der Waals surface area (Å²) in [5, 5.41) is 39.6. The molecule has 0 bridgehead atoms. The smallest absolute Gasteiger partial charge is 0.229 e. The summed E-state index contributed by atoms with van der Waals surface area (Å²) in [6.07, 6.45) is -5.70. The van der Waals surface area contributed by atoms with Crippen molar-refractivity contribution in [3.63, 3.8) is 0 Å². The number of hydrogen-bond acceptors (Lipinski definition) is 10. The highest BCUT2D eigenvalue weighted by atomic mass is 16.7. The van der Waals surface area contributed by atoms with Gasteiger partial charge in [0.1, 0.15) is 55.2 Å². The predicted octanol–water partition coefficient (Wildman–Crippen LogP) is 0.410. The van der Waals surface area contributed by atoms with Crippen molar-refractivity contribution in [1.82, 2.24) is 0 Å². The van der Waals surface area contributed by atoms with Gasteiger partial charge in [0, 0.05) is 6.07 Å². The van der Waals surface area contributed by atoms with Gasteiger partial charge in [-0.1, -0.05) is 6.07 Å². The van der Waals surface area contributed by atoms with Gasteiger partial charge in [-0.25, -0.2) is 0 Å². The van der Waals surface area contributed by atoms with E-state index >= 15 is 0 Å². The van der Waals surface area contributed by atoms with E-state index in [1.807, 2.05) is 0 Å². The number of benzene rings is 2. The standard InChI is InChI=1S/C23H22O10/c24-9-18-20(26)21(27)22(28)23(33-18)32-12-2-3-13-16(8-12)31-10-14(19(13)25)11-1-4-15-17(7-11)30-6-5-29-15/h1-4,7-8,10,18,20-24,26-28H,5-6,9H2/t18-,20+,21+,22-,23-/m1/s1. The molecule has 0 unspecified atom stereocenters. The van der Waals surface area contributed by atoms with E-state index < -0.39 is 37.3 Å². The second-order valence-electron chi connectivity index (χ2n) is 7.81. The van der Waals surface area contributed by atoms with Gasteiger partial charge in [-0.2, -0.15) is 0 Å². The van der Waals surface area contributed by atoms with E-state index in [0.717, 1.165) is 0 Å². The maximum absolute atomic E-state index is 13.1. The van der Waals surface area contributed by atoms with Crippen LogP contribution in [0.2, 0.25) is 0 Å². The van der Waals surface area contributed by atoms with Crippen LogP contribution in [0, 0.1) is 0 Å². The van der Waals surface area contributed by atoms with Gasteiger partial charge in [-0.15, -0.1) is 0 Å². The van der Waals surface area contributed by atoms with Crippen molar-refractivity contribution in [2.45, 2.75) is 30.7 Å². The first-order chi connectivity index (χ1) is 16.0. The van der Waals surface area contributed by atoms with E-state index in [9.17, 15) is 25.2 Å². The molecule has 1 aromatic heterocycles. The van der Waals surface area contributed by atoms with Crippen LogP contribution < -0.4 is 19.6 Å². The third kappa shape index (κ3) is 3.92. The van der Waals surface area contributed by atoms with Gasteiger partial charge in [-0.05, 0) is 29.8 Å². The molecule has 2 aliphatic rings. The molecule has 3 aromatic rings. The molecular formula is C23H22O10. The highest BCUT2D eigenvalue weighted by Gasteiger charge is 2.44. The summed E-state index contributed by atoms with van der Waals surface area (Å²) < 4.78 is 27.7. The molecule has 1 fully saturated rings. The molecule has 0 spiro atoms. The molecule has 0 amide bonds. The van der Waals surface area contributed by atoms with Crippen molar-refractivity contribution in [1.29, 1.82) is 0 Å². The summed E-state index contributed by atoms with van der Waals surface area (Å²) in [5.41, 5.74) is 0.953. The molecule has 0 aliphatic carbocycles. The van der Waals surface area contributed by atoms with Gasteiger partial charge in [0.05, 0.1) is 17.6 Å². The zero-order valence-electron chi connectivity index (χ0n) is 17.3. The molecule has 33 heavy (non-hydrogen) atoms. The number of aliphatic hydroxyl groups is 4. The van der Waals surface area contributed by atoms with Crippen LogP contribution in [0.4, 0.5) is 0 Å². The monoisotopic (exact) mass is 458 g/mol. The Kier molecular flexibility index (Phi) is 5.69. The summed E-state index contributed by atoms with van der Waals surface area (Å²) in [5.74, 6) is 1.37. The molecule has 2 aliphatic heterocycles. The SMILES string of the molecule is O=c1c(-c2ccc3c(c2)OCCO3)coc2cc(O[C@@H]3O[C@H](CO)[C@H](O)[C@H](O)[C@H]3O)ccc12. The zero-order chi connectivity index (χ0) is 23.1. The molecule has 0 saturated carbocycles. The highest BCUT2D eigenvalue weighted by molar-refractivity contribution is 5.83. The number of fused-ring (bicyclic) bond motifs is 2. The molecule has 4 N–H and O–H groups in total. The molecule has 10 heteroatoms. The Morgan fingerprint density at radius 1 is 0.939 bits per heavy atom. The fourth-order valence-corrected chi connectivity index (χ4v) is 3.89. The summed E-state index contributed by atoms with van der Waals surface area (Å²) in [7, 11) is 0. The Balaban J connectivity index is 1.42. The molecule has 0 radical (unpaired) electrons. The lowest BCUT2D eigenvalue weighted by molar-refractivity contribution is -0.277. The summed E-state index contributed by atoms with van der Waals surface area (Å²) >= 11 is 0. The van der Waals surface area contributed by atoms with E-state index in [4.69, 9.17) is 23.4 Å². The first kappa shape index (κ1) is 21.7. The average molecular weight is 458 g/mol. The third-order valence-electron chi connectivity index (χ3n) is 5.70. The van der Waals surface area contributed by atoms with E-state index in [0.29, 0.717) is 41.2 Å². The van der Waals surface area contributed by atoms with Crippen LogP contribution in [-0.4, -0.2) is 71.0 Å². The maximum Gasteiger partial charge on any atom is 0.229 e. The topological polar surface area (TPSA) is 148 Å². The fraction of sp³-hybridized carbons (Fsp3) is 0.348. The van der Waals surface area contributed by atoms with Gasteiger partial charge in [0.2, 0.25) is 6.29 Å². The predicted molar refractivity (Wildman–Crippen MR) is 113 cm³/mol. The van der Waals surface area contributed by atoms with Crippen LogP contribution in [0.5, 0.6) is 17.2 Å².